The summed E-state index contributed by atoms with van der Waals surface area (Å²) in [5.74, 6) is 0. The van der Waals surface area contributed by atoms with Gasteiger partial charge >= 0.3 is 7.60 Å². The van der Waals surface area contributed by atoms with Crippen molar-refractivity contribution >= 4 is 29.0 Å². The number of aryl methyl sites for hydroxylation is 1. The van der Waals surface area contributed by atoms with Crippen molar-refractivity contribution in [3.05, 3.63) is 58.6 Å². The number of benzene rings is 2. The van der Waals surface area contributed by atoms with Crippen LogP contribution in [0.2, 0.25) is 5.02 Å². The van der Waals surface area contributed by atoms with Crippen LogP contribution in [0.3, 0.4) is 0 Å². The van der Waals surface area contributed by atoms with Crippen molar-refractivity contribution in [2.45, 2.75) is 36.5 Å². The van der Waals surface area contributed by atoms with Gasteiger partial charge in [-0.25, -0.2) is 8.42 Å². The van der Waals surface area contributed by atoms with E-state index in [-0.39, 0.29) is 9.79 Å². The van der Waals surface area contributed by atoms with Crippen LogP contribution in [0.25, 0.3) is 0 Å². The van der Waals surface area contributed by atoms with Gasteiger partial charge in [0, 0.05) is 6.66 Å². The summed E-state index contributed by atoms with van der Waals surface area (Å²) in [5, 5.41) is 0.357. The molecule has 0 heterocycles. The Hall–Kier alpha value is -1.17. The predicted molar refractivity (Wildman–Crippen MR) is 100 cm³/mol. The molecule has 5 nitrogen and oxygen atoms in total. The lowest BCUT2D eigenvalue weighted by atomic mass is 10.0. The summed E-state index contributed by atoms with van der Waals surface area (Å²) in [6.45, 7) is 4.88. The van der Waals surface area contributed by atoms with Crippen LogP contribution in [0.5, 0.6) is 0 Å². The summed E-state index contributed by atoms with van der Waals surface area (Å²) >= 11 is 6.35. The molecule has 138 valence electrons. The van der Waals surface area contributed by atoms with Gasteiger partial charge < -0.3 is 9.79 Å². The first-order valence-electron chi connectivity index (χ1n) is 7.65. The zero-order valence-electron chi connectivity index (χ0n) is 14.3. The third-order valence-electron chi connectivity index (χ3n) is 3.38. The molecule has 0 aliphatic carbocycles. The summed E-state index contributed by atoms with van der Waals surface area (Å²) in [4.78, 5) is 15.7. The Bertz CT molecular complexity index is 852. The zero-order valence-corrected chi connectivity index (χ0v) is 16.8. The fraction of sp³-hybridized carbons (Fsp3) is 0.294. The third-order valence-corrected chi connectivity index (χ3v) is 5.74. The highest BCUT2D eigenvalue weighted by Crippen LogP contribution is 2.32. The van der Waals surface area contributed by atoms with E-state index in [2.05, 4.69) is 0 Å². The van der Waals surface area contributed by atoms with Crippen LogP contribution in [0.4, 0.5) is 0 Å². The Kier molecular flexibility index (Phi) is 7.85. The lowest BCUT2D eigenvalue weighted by Crippen LogP contribution is -2.05. The van der Waals surface area contributed by atoms with E-state index >= 15 is 0 Å². The Balaban J connectivity index is 0.000000550. The maximum atomic E-state index is 12.6. The zero-order chi connectivity index (χ0) is 19.3. The van der Waals surface area contributed by atoms with Crippen LogP contribution < -0.4 is 0 Å². The molecule has 8 heteroatoms. The highest BCUT2D eigenvalue weighted by Gasteiger charge is 2.22. The first-order chi connectivity index (χ1) is 11.5. The molecule has 2 N–H and O–H groups in total. The average molecular weight is 405 g/mol. The molecule has 0 spiro atoms. The molecular formula is C17H22ClO5PS. The second-order valence-electron chi connectivity index (χ2n) is 5.37. The van der Waals surface area contributed by atoms with E-state index in [0.717, 1.165) is 30.6 Å². The van der Waals surface area contributed by atoms with E-state index in [0.29, 0.717) is 5.02 Å². The van der Waals surface area contributed by atoms with Gasteiger partial charge in [0.15, 0.2) is 0 Å². The maximum absolute atomic E-state index is 12.6. The summed E-state index contributed by atoms with van der Waals surface area (Å²) in [6.07, 6.45) is 1.56. The summed E-state index contributed by atoms with van der Waals surface area (Å²) < 4.78 is 34.6. The minimum Gasteiger partial charge on any atom is -0.325 e. The van der Waals surface area contributed by atoms with Crippen LogP contribution in [-0.2, 0) is 27.2 Å². The Labute approximate surface area is 153 Å². The second-order valence-corrected chi connectivity index (χ2v) is 9.34. The molecule has 0 amide bonds. The van der Waals surface area contributed by atoms with Crippen LogP contribution in [0.15, 0.2) is 52.3 Å². The van der Waals surface area contributed by atoms with Crippen molar-refractivity contribution in [2.24, 2.45) is 0 Å². The molecule has 0 aliphatic heterocycles. The normalized spacial score (nSPS) is 11.6. The number of sulfone groups is 1. The molecule has 0 atom stereocenters. The number of rotatable bonds is 4. The standard InChI is InChI=1S/C16H17ClO2S.CH5O3P/c1-3-12-10-11-15(16(17)14(12)4-2)20(18,19)13-8-6-5-7-9-13;1-5(2,3)4/h5-11H,3-4H2,1-2H3;1H3,(H2,2,3,4). The van der Waals surface area contributed by atoms with Crippen LogP contribution in [0.1, 0.15) is 25.0 Å². The van der Waals surface area contributed by atoms with E-state index in [4.69, 9.17) is 21.4 Å². The van der Waals surface area contributed by atoms with Gasteiger partial charge in [-0.15, -0.1) is 0 Å². The fourth-order valence-electron chi connectivity index (χ4n) is 2.29. The first-order valence-corrected chi connectivity index (χ1v) is 11.6. The molecule has 0 bridgehead atoms. The molecular weight excluding hydrogens is 383 g/mol. The van der Waals surface area contributed by atoms with Crippen LogP contribution in [-0.4, -0.2) is 24.9 Å². The first kappa shape index (κ1) is 21.9. The lowest BCUT2D eigenvalue weighted by molar-refractivity contribution is 0.381. The monoisotopic (exact) mass is 404 g/mol. The van der Waals surface area contributed by atoms with E-state index < -0.39 is 17.4 Å². The summed E-state index contributed by atoms with van der Waals surface area (Å²) in [7, 11) is -7.20. The Morgan fingerprint density at radius 2 is 1.52 bits per heavy atom. The minimum atomic E-state index is -3.64. The quantitative estimate of drug-likeness (QED) is 0.749. The fourth-order valence-corrected chi connectivity index (χ4v) is 4.29. The number of halogens is 1. The molecule has 0 saturated carbocycles. The summed E-state index contributed by atoms with van der Waals surface area (Å²) in [5.41, 5.74) is 2.02. The highest BCUT2D eigenvalue weighted by molar-refractivity contribution is 7.91. The van der Waals surface area contributed by atoms with Crippen LogP contribution in [0, 0.1) is 0 Å². The maximum Gasteiger partial charge on any atom is 0.322 e. The topological polar surface area (TPSA) is 91.7 Å². The molecule has 0 unspecified atom stereocenters. The van der Waals surface area contributed by atoms with Crippen molar-refractivity contribution in [1.82, 2.24) is 0 Å². The molecule has 25 heavy (non-hydrogen) atoms. The Morgan fingerprint density at radius 3 is 1.96 bits per heavy atom. The van der Waals surface area contributed by atoms with E-state index in [1.165, 1.54) is 0 Å². The molecule has 2 aromatic rings. The van der Waals surface area contributed by atoms with Crippen molar-refractivity contribution in [2.75, 3.05) is 6.66 Å². The second kappa shape index (κ2) is 8.97. The van der Waals surface area contributed by atoms with Crippen molar-refractivity contribution in [3.63, 3.8) is 0 Å². The van der Waals surface area contributed by atoms with E-state index in [9.17, 15) is 13.0 Å². The SMILES string of the molecule is CCc1ccc(S(=O)(=O)c2ccccc2)c(Cl)c1CC.CP(=O)(O)O. The minimum absolute atomic E-state index is 0.194. The molecule has 0 aromatic heterocycles. The largest absolute Gasteiger partial charge is 0.325 e. The van der Waals surface area contributed by atoms with Gasteiger partial charge in [0.05, 0.1) is 14.8 Å². The van der Waals surface area contributed by atoms with E-state index in [1.54, 1.807) is 36.4 Å². The van der Waals surface area contributed by atoms with E-state index in [1.807, 2.05) is 19.9 Å². The smallest absolute Gasteiger partial charge is 0.322 e. The average Bonchev–Trinajstić information content (AvgIpc) is 2.53. The van der Waals surface area contributed by atoms with Gasteiger partial charge in [0.2, 0.25) is 9.84 Å². The van der Waals surface area contributed by atoms with Crippen molar-refractivity contribution < 1.29 is 22.8 Å². The Morgan fingerprint density at radius 1 is 1.00 bits per heavy atom. The number of hydrogen-bond acceptors (Lipinski definition) is 3. The van der Waals surface area contributed by atoms with Gasteiger partial charge in [-0.2, -0.15) is 0 Å². The van der Waals surface area contributed by atoms with Gasteiger partial charge in [0.1, 0.15) is 0 Å². The lowest BCUT2D eigenvalue weighted by Gasteiger charge is -2.13. The molecule has 0 aliphatic rings. The summed E-state index contributed by atoms with van der Waals surface area (Å²) in [6, 6.07) is 11.9. The third kappa shape index (κ3) is 6.24. The molecule has 0 saturated heterocycles. The van der Waals surface area contributed by atoms with Gasteiger partial charge in [-0.05, 0) is 42.2 Å². The number of hydrogen-bond donors (Lipinski definition) is 2. The van der Waals surface area contributed by atoms with Crippen molar-refractivity contribution in [3.8, 4) is 0 Å². The molecule has 0 radical (unpaired) electrons. The predicted octanol–water partition coefficient (Wildman–Crippen LogP) is 4.09. The van der Waals surface area contributed by atoms with Gasteiger partial charge in [-0.3, -0.25) is 4.57 Å². The highest BCUT2D eigenvalue weighted by atomic mass is 35.5. The van der Waals surface area contributed by atoms with Crippen LogP contribution >= 0.6 is 19.2 Å². The molecule has 2 rings (SSSR count). The molecule has 2 aromatic carbocycles. The molecule has 0 fully saturated rings. The van der Waals surface area contributed by atoms with Gasteiger partial charge in [0.25, 0.3) is 0 Å². The van der Waals surface area contributed by atoms with Crippen molar-refractivity contribution in [1.29, 1.82) is 0 Å². The van der Waals surface area contributed by atoms with Gasteiger partial charge in [-0.1, -0.05) is 49.7 Å².